The molecule has 31 heavy (non-hydrogen) atoms. The molecule has 4 saturated heterocycles. The lowest BCUT2D eigenvalue weighted by Gasteiger charge is -2.49. The summed E-state index contributed by atoms with van der Waals surface area (Å²) in [5.41, 5.74) is 0. The lowest BCUT2D eigenvalue weighted by molar-refractivity contribution is -0.142. The van der Waals surface area contributed by atoms with E-state index in [1.807, 2.05) is 4.90 Å². The van der Waals surface area contributed by atoms with Crippen molar-refractivity contribution >= 4 is 11.8 Å². The third kappa shape index (κ3) is 4.49. The number of carbonyl (C=O) groups is 2. The van der Waals surface area contributed by atoms with E-state index in [4.69, 9.17) is 4.74 Å². The van der Waals surface area contributed by atoms with Gasteiger partial charge in [0, 0.05) is 50.8 Å². The van der Waals surface area contributed by atoms with Crippen molar-refractivity contribution in [3.63, 3.8) is 0 Å². The van der Waals surface area contributed by atoms with E-state index in [0.717, 1.165) is 38.9 Å². The molecule has 6 atom stereocenters. The van der Waals surface area contributed by atoms with Gasteiger partial charge < -0.3 is 15.0 Å². The molecule has 0 aromatic rings. The number of carbonyl (C=O) groups excluding carboxylic acids is 2. The summed E-state index contributed by atoms with van der Waals surface area (Å²) in [6, 6.07) is 0.824. The molecule has 1 saturated carbocycles. The van der Waals surface area contributed by atoms with Gasteiger partial charge in [0.05, 0.1) is 12.7 Å². The number of piperazine rings is 1. The second-order valence-electron chi connectivity index (χ2n) is 10.3. The van der Waals surface area contributed by atoms with E-state index in [1.54, 1.807) is 0 Å². The fourth-order valence-corrected chi connectivity index (χ4v) is 6.69. The number of fused-ring (bicyclic) bond motifs is 2. The number of likely N-dealkylation sites (tertiary alicyclic amines) is 1. The van der Waals surface area contributed by atoms with E-state index in [-0.39, 0.29) is 24.0 Å². The molecule has 2 N–H and O–H groups in total. The predicted octanol–water partition coefficient (Wildman–Crippen LogP) is 0.234. The first kappa shape index (κ1) is 21.6. The highest BCUT2D eigenvalue weighted by atomic mass is 16.5. The molecule has 8 heteroatoms. The third-order valence-corrected chi connectivity index (χ3v) is 8.41. The van der Waals surface area contributed by atoms with E-state index in [1.165, 1.54) is 25.7 Å². The van der Waals surface area contributed by atoms with Gasteiger partial charge in [-0.05, 0) is 51.6 Å². The van der Waals surface area contributed by atoms with Crippen LogP contribution in [0, 0.1) is 11.8 Å². The molecule has 8 nitrogen and oxygen atoms in total. The monoisotopic (exact) mass is 433 g/mol. The van der Waals surface area contributed by atoms with E-state index < -0.39 is 0 Å². The van der Waals surface area contributed by atoms with E-state index in [2.05, 4.69) is 27.5 Å². The van der Waals surface area contributed by atoms with Crippen LogP contribution in [0.5, 0.6) is 0 Å². The SMILES string of the molecule is CN1CCC2C(NC(=O)CN3CCN(C(=O)C4CCCO4)CC3)C3CCCCC3NC21. The minimum Gasteiger partial charge on any atom is -0.368 e. The number of hydrogen-bond acceptors (Lipinski definition) is 6. The first-order valence-electron chi connectivity index (χ1n) is 12.5. The first-order chi connectivity index (χ1) is 15.1. The smallest absolute Gasteiger partial charge is 0.251 e. The van der Waals surface area contributed by atoms with Gasteiger partial charge in [0.2, 0.25) is 5.91 Å². The lowest BCUT2D eigenvalue weighted by atomic mass is 9.71. The molecule has 174 valence electrons. The van der Waals surface area contributed by atoms with Crippen molar-refractivity contribution in [2.24, 2.45) is 11.8 Å². The van der Waals surface area contributed by atoms with E-state index in [9.17, 15) is 9.59 Å². The van der Waals surface area contributed by atoms with Crippen LogP contribution in [0.2, 0.25) is 0 Å². The van der Waals surface area contributed by atoms with Crippen LogP contribution >= 0.6 is 0 Å². The fraction of sp³-hybridized carbons (Fsp3) is 0.913. The van der Waals surface area contributed by atoms with Gasteiger partial charge in [-0.1, -0.05) is 12.8 Å². The quantitative estimate of drug-likeness (QED) is 0.661. The van der Waals surface area contributed by atoms with Gasteiger partial charge in [0.25, 0.3) is 5.91 Å². The number of nitrogens with zero attached hydrogens (tertiary/aromatic N) is 3. The Balaban J connectivity index is 1.14. The molecule has 0 radical (unpaired) electrons. The maximum atomic E-state index is 13.1. The Labute approximate surface area is 186 Å². The van der Waals surface area contributed by atoms with Crippen LogP contribution in [0.1, 0.15) is 44.9 Å². The second-order valence-corrected chi connectivity index (χ2v) is 10.3. The number of amides is 2. The Bertz CT molecular complexity index is 658. The normalized spacial score (nSPS) is 39.2. The minimum atomic E-state index is -0.240. The second kappa shape index (κ2) is 9.33. The highest BCUT2D eigenvalue weighted by molar-refractivity contribution is 5.81. The van der Waals surface area contributed by atoms with E-state index in [0.29, 0.717) is 50.3 Å². The van der Waals surface area contributed by atoms with Crippen LogP contribution in [0.15, 0.2) is 0 Å². The summed E-state index contributed by atoms with van der Waals surface area (Å²) in [6.07, 6.45) is 8.17. The molecule has 0 aromatic heterocycles. The Morgan fingerprint density at radius 1 is 0.968 bits per heavy atom. The van der Waals surface area contributed by atoms with Crippen molar-refractivity contribution in [1.82, 2.24) is 25.3 Å². The van der Waals surface area contributed by atoms with E-state index >= 15 is 0 Å². The average Bonchev–Trinajstić information content (AvgIpc) is 3.44. The molecule has 4 heterocycles. The summed E-state index contributed by atoms with van der Waals surface area (Å²) in [5.74, 6) is 1.36. The fourth-order valence-electron chi connectivity index (χ4n) is 6.69. The standard InChI is InChI=1S/C23H39N5O3/c1-26-9-8-17-21(16-5-2-3-6-18(16)24-22(17)26)25-20(29)15-27-10-12-28(13-11-27)23(30)19-7-4-14-31-19/h16-19,21-22,24H,2-15H2,1H3,(H,25,29). The van der Waals surface area contributed by atoms with Gasteiger partial charge >= 0.3 is 0 Å². The van der Waals surface area contributed by atoms with Crippen LogP contribution in [-0.2, 0) is 14.3 Å². The zero-order valence-corrected chi connectivity index (χ0v) is 18.9. The Morgan fingerprint density at radius 3 is 2.55 bits per heavy atom. The van der Waals surface area contributed by atoms with Gasteiger partial charge in [-0.15, -0.1) is 0 Å². The molecule has 0 spiro atoms. The largest absolute Gasteiger partial charge is 0.368 e. The van der Waals surface area contributed by atoms with Crippen molar-refractivity contribution < 1.29 is 14.3 Å². The average molecular weight is 434 g/mol. The molecule has 5 rings (SSSR count). The van der Waals surface area contributed by atoms with Crippen molar-refractivity contribution in [3.05, 3.63) is 0 Å². The molecule has 5 fully saturated rings. The van der Waals surface area contributed by atoms with Crippen LogP contribution in [0.25, 0.3) is 0 Å². The Morgan fingerprint density at radius 2 is 1.77 bits per heavy atom. The number of rotatable bonds is 4. The predicted molar refractivity (Wildman–Crippen MR) is 117 cm³/mol. The molecule has 2 amide bonds. The van der Waals surface area contributed by atoms with Crippen LogP contribution in [-0.4, -0.2) is 104 Å². The molecular formula is C23H39N5O3. The summed E-state index contributed by atoms with van der Waals surface area (Å²) < 4.78 is 5.55. The summed E-state index contributed by atoms with van der Waals surface area (Å²) >= 11 is 0. The number of piperidine rings is 1. The third-order valence-electron chi connectivity index (χ3n) is 8.41. The highest BCUT2D eigenvalue weighted by Gasteiger charge is 2.49. The molecular weight excluding hydrogens is 394 g/mol. The summed E-state index contributed by atoms with van der Waals surface area (Å²) in [4.78, 5) is 32.2. The molecule has 0 bridgehead atoms. The summed E-state index contributed by atoms with van der Waals surface area (Å²) in [7, 11) is 2.21. The maximum Gasteiger partial charge on any atom is 0.251 e. The zero-order valence-electron chi connectivity index (χ0n) is 18.9. The number of hydrogen-bond donors (Lipinski definition) is 2. The van der Waals surface area contributed by atoms with Gasteiger partial charge in [0.15, 0.2) is 0 Å². The summed E-state index contributed by atoms with van der Waals surface area (Å²) in [6.45, 7) is 5.16. The van der Waals surface area contributed by atoms with Crippen LogP contribution in [0.4, 0.5) is 0 Å². The van der Waals surface area contributed by atoms with Gasteiger partial charge in [0.1, 0.15) is 6.10 Å². The molecule has 0 aromatic carbocycles. The number of ether oxygens (including phenoxy) is 1. The van der Waals surface area contributed by atoms with Gasteiger partial charge in [-0.25, -0.2) is 0 Å². The van der Waals surface area contributed by atoms with Crippen LogP contribution < -0.4 is 10.6 Å². The zero-order chi connectivity index (χ0) is 21.4. The van der Waals surface area contributed by atoms with Crippen molar-refractivity contribution in [1.29, 1.82) is 0 Å². The Kier molecular flexibility index (Phi) is 6.51. The maximum absolute atomic E-state index is 13.1. The highest BCUT2D eigenvalue weighted by Crippen LogP contribution is 2.39. The van der Waals surface area contributed by atoms with Gasteiger partial charge in [-0.3, -0.25) is 24.7 Å². The van der Waals surface area contributed by atoms with Crippen LogP contribution in [0.3, 0.4) is 0 Å². The minimum absolute atomic E-state index is 0.135. The molecule has 5 aliphatic rings. The summed E-state index contributed by atoms with van der Waals surface area (Å²) in [5, 5.41) is 7.40. The van der Waals surface area contributed by atoms with Crippen molar-refractivity contribution in [2.45, 2.75) is 69.3 Å². The first-order valence-corrected chi connectivity index (χ1v) is 12.5. The van der Waals surface area contributed by atoms with Crippen molar-refractivity contribution in [2.75, 3.05) is 52.9 Å². The molecule has 4 aliphatic heterocycles. The number of nitrogens with one attached hydrogen (secondary N) is 2. The topological polar surface area (TPSA) is 77.2 Å². The van der Waals surface area contributed by atoms with Crippen molar-refractivity contribution in [3.8, 4) is 0 Å². The molecule has 6 unspecified atom stereocenters. The lowest BCUT2D eigenvalue weighted by Crippen LogP contribution is -2.66. The van der Waals surface area contributed by atoms with Gasteiger partial charge in [-0.2, -0.15) is 0 Å². The Hall–Kier alpha value is -1.22. The molecule has 1 aliphatic carbocycles.